The molecule has 1 aromatic rings. The third-order valence-corrected chi connectivity index (χ3v) is 4.34. The lowest BCUT2D eigenvalue weighted by Gasteiger charge is -2.49. The van der Waals surface area contributed by atoms with Crippen molar-refractivity contribution in [3.05, 3.63) is 34.9 Å². The van der Waals surface area contributed by atoms with Crippen LogP contribution in [0.5, 0.6) is 0 Å². The van der Waals surface area contributed by atoms with Crippen LogP contribution >= 0.6 is 24.0 Å². The molecule has 0 radical (unpaired) electrons. The van der Waals surface area contributed by atoms with Crippen LogP contribution in [0.15, 0.2) is 24.3 Å². The van der Waals surface area contributed by atoms with E-state index in [1.54, 1.807) is 19.2 Å². The molecule has 0 bridgehead atoms. The van der Waals surface area contributed by atoms with Crippen molar-refractivity contribution in [2.75, 3.05) is 7.05 Å². The summed E-state index contributed by atoms with van der Waals surface area (Å²) in [5.74, 6) is -2.53. The highest BCUT2D eigenvalue weighted by Gasteiger charge is 2.44. The summed E-state index contributed by atoms with van der Waals surface area (Å²) in [5, 5.41) is 3.72. The van der Waals surface area contributed by atoms with E-state index in [9.17, 15) is 0 Å². The van der Waals surface area contributed by atoms with Crippen LogP contribution < -0.4 is 5.32 Å². The Balaban J connectivity index is 0.00000338. The zero-order chi connectivity index (χ0) is 19.1. The van der Waals surface area contributed by atoms with Gasteiger partial charge in [-0.05, 0) is 49.9 Å². The zero-order valence-corrected chi connectivity index (χ0v) is 12.6. The number of hydrogen-bond donors (Lipinski definition) is 1. The van der Waals surface area contributed by atoms with Crippen molar-refractivity contribution >= 4 is 24.0 Å². The third-order valence-electron chi connectivity index (χ3n) is 4.09. The quantitative estimate of drug-likeness (QED) is 0.822. The number of rotatable bonds is 5. The average Bonchev–Trinajstić information content (AvgIpc) is 2.44. The molecule has 3 heteroatoms. The summed E-state index contributed by atoms with van der Waals surface area (Å²) >= 11 is 5.97. The summed E-state index contributed by atoms with van der Waals surface area (Å²) in [4.78, 5) is 0. The van der Waals surface area contributed by atoms with Gasteiger partial charge in [-0.3, -0.25) is 0 Å². The van der Waals surface area contributed by atoms with E-state index >= 15 is 0 Å². The third kappa shape index (κ3) is 3.45. The Hall–Kier alpha value is -0.240. The lowest BCUT2D eigenvalue weighted by atomic mass is 9.59. The molecule has 108 valence electrons. The van der Waals surface area contributed by atoms with Crippen molar-refractivity contribution < 1.29 is 9.60 Å². The Kier molecular flexibility index (Phi) is 3.27. The highest BCUT2D eigenvalue weighted by Crippen LogP contribution is 2.48. The summed E-state index contributed by atoms with van der Waals surface area (Å²) in [6, 6.07) is 6.95. The molecule has 1 fully saturated rings. The first kappa shape index (κ1) is 8.92. The molecular weight excluding hydrogens is 277 g/mol. The van der Waals surface area contributed by atoms with Gasteiger partial charge in [0.2, 0.25) is 0 Å². The Morgan fingerprint density at radius 3 is 2.42 bits per heavy atom. The van der Waals surface area contributed by atoms with E-state index < -0.39 is 25.6 Å². The summed E-state index contributed by atoms with van der Waals surface area (Å²) in [7, 11) is 1.69. The van der Waals surface area contributed by atoms with Crippen LogP contribution in [0.2, 0.25) is 5.02 Å². The number of halogens is 2. The fourth-order valence-electron chi connectivity index (χ4n) is 2.96. The molecule has 0 saturated heterocycles. The number of benzene rings is 1. The van der Waals surface area contributed by atoms with Gasteiger partial charge in [0, 0.05) is 26.1 Å². The number of hydrogen-bond acceptors (Lipinski definition) is 1. The van der Waals surface area contributed by atoms with Crippen molar-refractivity contribution in [3.8, 4) is 0 Å². The molecule has 1 N–H and O–H groups in total. The fourth-order valence-corrected chi connectivity index (χ4v) is 3.08. The van der Waals surface area contributed by atoms with E-state index in [-0.39, 0.29) is 24.2 Å². The van der Waals surface area contributed by atoms with Crippen LogP contribution in [0.3, 0.4) is 0 Å². The molecule has 2 rings (SSSR count). The second-order valence-corrected chi connectivity index (χ2v) is 5.48. The number of likely N-dealkylation sites (N-methyl/N-ethyl adjacent to an activating group) is 1. The van der Waals surface area contributed by atoms with E-state index in [0.717, 1.165) is 24.8 Å². The largest absolute Gasteiger partial charge is 0.316 e. The summed E-state index contributed by atoms with van der Waals surface area (Å²) < 4.78 is 54.3. The normalized spacial score (nSPS) is 25.9. The van der Waals surface area contributed by atoms with Crippen LogP contribution in [0.1, 0.15) is 54.5 Å². The van der Waals surface area contributed by atoms with Gasteiger partial charge in [-0.25, -0.2) is 0 Å². The molecule has 19 heavy (non-hydrogen) atoms. The van der Waals surface area contributed by atoms with Crippen LogP contribution in [-0.4, -0.2) is 13.1 Å². The number of nitrogens with one attached hydrogen (secondary N) is 1. The molecule has 1 atom stereocenters. The molecule has 0 aliphatic heterocycles. The topological polar surface area (TPSA) is 12.0 Å². The van der Waals surface area contributed by atoms with Gasteiger partial charge in [-0.2, -0.15) is 0 Å². The molecule has 0 spiro atoms. The molecule has 0 aromatic heterocycles. The monoisotopic (exact) mass is 308 g/mol. The minimum atomic E-state index is -2.90. The van der Waals surface area contributed by atoms with Gasteiger partial charge >= 0.3 is 0 Å². The Morgan fingerprint density at radius 1 is 1.37 bits per heavy atom. The van der Waals surface area contributed by atoms with Crippen LogP contribution in [-0.2, 0) is 5.41 Å². The Bertz CT molecular complexity index is 580. The predicted molar refractivity (Wildman–Crippen MR) is 86.5 cm³/mol. The minimum Gasteiger partial charge on any atom is -0.316 e. The SMILES string of the molecule is Cl.[2H]C([2H])([2H])C([2H])(CC(NC)C1(c2ccc(Cl)cc2)CCC1)C([2H])([2H])[2H]. The van der Waals surface area contributed by atoms with Crippen molar-refractivity contribution in [3.63, 3.8) is 0 Å². The van der Waals surface area contributed by atoms with E-state index in [4.69, 9.17) is 21.2 Å². The molecule has 1 nitrogen and oxygen atoms in total. The second kappa shape index (κ2) is 6.97. The second-order valence-electron chi connectivity index (χ2n) is 5.04. The maximum atomic E-state index is 8.35. The predicted octanol–water partition coefficient (Wildman–Crippen LogP) is 4.82. The first-order valence-corrected chi connectivity index (χ1v) is 6.68. The molecular formula is C16H25Cl2N. The first-order valence-electron chi connectivity index (χ1n) is 9.81. The zero-order valence-electron chi connectivity index (χ0n) is 18.0. The van der Waals surface area contributed by atoms with Crippen LogP contribution in [0.25, 0.3) is 0 Å². The lowest BCUT2D eigenvalue weighted by molar-refractivity contribution is 0.157. The first-order chi connectivity index (χ1) is 11.4. The molecule has 1 aliphatic carbocycles. The minimum absolute atomic E-state index is 0. The van der Waals surface area contributed by atoms with Crippen molar-refractivity contribution in [2.45, 2.75) is 50.8 Å². The van der Waals surface area contributed by atoms with Gasteiger partial charge < -0.3 is 5.32 Å². The van der Waals surface area contributed by atoms with Gasteiger partial charge in [0.05, 0.1) is 0 Å². The molecule has 0 heterocycles. The van der Waals surface area contributed by atoms with Gasteiger partial charge in [0.15, 0.2) is 0 Å². The van der Waals surface area contributed by atoms with Gasteiger partial charge in [-0.1, -0.05) is 43.9 Å². The Morgan fingerprint density at radius 2 is 2.00 bits per heavy atom. The maximum Gasteiger partial charge on any atom is 0.0406 e. The van der Waals surface area contributed by atoms with E-state index in [2.05, 4.69) is 5.32 Å². The lowest BCUT2D eigenvalue weighted by Crippen LogP contribution is -2.52. The molecule has 1 aliphatic rings. The van der Waals surface area contributed by atoms with E-state index in [1.807, 2.05) is 12.1 Å². The van der Waals surface area contributed by atoms with Crippen LogP contribution in [0.4, 0.5) is 0 Å². The highest BCUT2D eigenvalue weighted by molar-refractivity contribution is 6.30. The van der Waals surface area contributed by atoms with Crippen LogP contribution in [0, 0.1) is 5.89 Å². The standard InChI is InChI=1S/C16H24ClN.ClH/c1-12(2)11-15(18-3)16(9-4-10-16)13-5-7-14(17)8-6-13;/h5-8,12,15,18H,4,9-11H2,1-3H3;1H/i1D3,2D3,12D;. The van der Waals surface area contributed by atoms with E-state index in [1.165, 1.54) is 0 Å². The maximum absolute atomic E-state index is 8.35. The van der Waals surface area contributed by atoms with E-state index in [0.29, 0.717) is 5.02 Å². The molecule has 1 unspecified atom stereocenters. The molecule has 1 aromatic carbocycles. The summed E-state index contributed by atoms with van der Waals surface area (Å²) in [5.41, 5.74) is 0.628. The van der Waals surface area contributed by atoms with Gasteiger partial charge in [0.25, 0.3) is 0 Å². The average molecular weight is 309 g/mol. The fraction of sp³-hybridized carbons (Fsp3) is 0.625. The smallest absolute Gasteiger partial charge is 0.0406 e. The van der Waals surface area contributed by atoms with Crippen molar-refractivity contribution in [2.24, 2.45) is 5.89 Å². The van der Waals surface area contributed by atoms with Crippen molar-refractivity contribution in [1.82, 2.24) is 5.32 Å². The van der Waals surface area contributed by atoms with Gasteiger partial charge in [0.1, 0.15) is 0 Å². The highest BCUT2D eigenvalue weighted by atomic mass is 35.5. The molecule has 0 amide bonds. The molecule has 1 saturated carbocycles. The van der Waals surface area contributed by atoms with Gasteiger partial charge in [-0.15, -0.1) is 12.4 Å². The Labute approximate surface area is 138 Å². The summed E-state index contributed by atoms with van der Waals surface area (Å²) in [6.45, 7) is -5.81. The van der Waals surface area contributed by atoms with Crippen molar-refractivity contribution in [1.29, 1.82) is 0 Å². The summed E-state index contributed by atoms with van der Waals surface area (Å²) in [6.07, 6.45) is 2.34.